The number of amides is 1. The topological polar surface area (TPSA) is 32.8 Å². The summed E-state index contributed by atoms with van der Waals surface area (Å²) >= 11 is 0. The molecular formula is C20H30N2O2. The van der Waals surface area contributed by atoms with Gasteiger partial charge in [-0.3, -0.25) is 9.69 Å². The Hall–Kier alpha value is -1.55. The maximum Gasteiger partial charge on any atom is 0.237 e. The maximum absolute atomic E-state index is 12.9. The van der Waals surface area contributed by atoms with Crippen molar-refractivity contribution in [3.8, 4) is 5.75 Å². The molecule has 4 nitrogen and oxygen atoms in total. The number of benzene rings is 1. The lowest BCUT2D eigenvalue weighted by Gasteiger charge is -2.40. The summed E-state index contributed by atoms with van der Waals surface area (Å²) in [6, 6.07) is 9.42. The molecule has 24 heavy (non-hydrogen) atoms. The fraction of sp³-hybridized carbons (Fsp3) is 0.650. The van der Waals surface area contributed by atoms with E-state index in [1.807, 2.05) is 12.1 Å². The van der Waals surface area contributed by atoms with Crippen LogP contribution in [0, 0.1) is 0 Å². The zero-order chi connectivity index (χ0) is 17.1. The Kier molecular flexibility index (Phi) is 5.44. The summed E-state index contributed by atoms with van der Waals surface area (Å²) in [5.74, 6) is 1.19. The van der Waals surface area contributed by atoms with Crippen molar-refractivity contribution in [3.63, 3.8) is 0 Å². The molecule has 0 spiro atoms. The van der Waals surface area contributed by atoms with E-state index in [9.17, 15) is 4.79 Å². The fourth-order valence-electron chi connectivity index (χ4n) is 4.39. The van der Waals surface area contributed by atoms with Crippen LogP contribution in [0.25, 0.3) is 0 Å². The van der Waals surface area contributed by atoms with Gasteiger partial charge in [-0.15, -0.1) is 0 Å². The van der Waals surface area contributed by atoms with E-state index in [0.29, 0.717) is 30.6 Å². The van der Waals surface area contributed by atoms with Gasteiger partial charge in [-0.05, 0) is 70.2 Å². The third-order valence-electron chi connectivity index (χ3n) is 5.68. The summed E-state index contributed by atoms with van der Waals surface area (Å²) in [6.45, 7) is 5.95. The van der Waals surface area contributed by atoms with Crippen LogP contribution in [0.1, 0.15) is 57.6 Å². The lowest BCUT2D eigenvalue weighted by molar-refractivity contribution is -0.138. The van der Waals surface area contributed by atoms with Gasteiger partial charge in [0, 0.05) is 18.1 Å². The number of carbonyl (C=O) groups excluding carboxylic acids is 1. The predicted molar refractivity (Wildman–Crippen MR) is 96.2 cm³/mol. The van der Waals surface area contributed by atoms with E-state index in [2.05, 4.69) is 35.8 Å². The number of likely N-dealkylation sites (tertiary alicyclic amines) is 2. The van der Waals surface area contributed by atoms with Gasteiger partial charge in [-0.25, -0.2) is 0 Å². The summed E-state index contributed by atoms with van der Waals surface area (Å²) < 4.78 is 5.25. The first kappa shape index (κ1) is 17.3. The minimum absolute atomic E-state index is 0.301. The van der Waals surface area contributed by atoms with Crippen LogP contribution in [-0.2, 0) is 4.79 Å². The second kappa shape index (κ2) is 7.56. The number of hydrogen-bond donors (Lipinski definition) is 0. The summed E-state index contributed by atoms with van der Waals surface area (Å²) in [6.07, 6.45) is 5.81. The highest BCUT2D eigenvalue weighted by Gasteiger charge is 2.33. The van der Waals surface area contributed by atoms with E-state index in [1.165, 1.54) is 12.0 Å². The molecule has 0 N–H and O–H groups in total. The van der Waals surface area contributed by atoms with E-state index in [-0.39, 0.29) is 0 Å². The average molecular weight is 330 g/mol. The summed E-state index contributed by atoms with van der Waals surface area (Å²) in [5.41, 5.74) is 1.29. The van der Waals surface area contributed by atoms with Crippen LogP contribution in [0.3, 0.4) is 0 Å². The molecule has 2 saturated heterocycles. The highest BCUT2D eigenvalue weighted by atomic mass is 16.5. The van der Waals surface area contributed by atoms with E-state index >= 15 is 0 Å². The molecule has 0 saturated carbocycles. The molecule has 2 aliphatic heterocycles. The van der Waals surface area contributed by atoms with Crippen LogP contribution in [0.15, 0.2) is 24.3 Å². The average Bonchev–Trinajstić information content (AvgIpc) is 3.03. The molecule has 3 rings (SSSR count). The second-order valence-corrected chi connectivity index (χ2v) is 7.33. The van der Waals surface area contributed by atoms with E-state index in [1.54, 1.807) is 7.11 Å². The van der Waals surface area contributed by atoms with Gasteiger partial charge in [0.2, 0.25) is 5.91 Å². The van der Waals surface area contributed by atoms with Gasteiger partial charge in [0.1, 0.15) is 5.75 Å². The molecule has 0 unspecified atom stereocenters. The maximum atomic E-state index is 12.9. The molecule has 0 bridgehead atoms. The SMILES string of the molecule is COc1ccc([C@@H]2CCCN2CC(=O)N2[C@H](C)CCC[C@@H]2C)cc1. The standard InChI is InChI=1S/C20H30N2O2/c1-15-6-4-7-16(2)22(15)20(23)14-21-13-5-8-19(21)17-9-11-18(24-3)12-10-17/h9-12,15-16,19H,4-8,13-14H2,1-3H3/t15-,16+,19-/m0/s1. The molecule has 1 amide bonds. The van der Waals surface area contributed by atoms with Crippen molar-refractivity contribution in [2.75, 3.05) is 20.2 Å². The highest BCUT2D eigenvalue weighted by Crippen LogP contribution is 2.33. The van der Waals surface area contributed by atoms with Crippen molar-refractivity contribution in [2.45, 2.75) is 64.1 Å². The summed E-state index contributed by atoms with van der Waals surface area (Å²) in [7, 11) is 1.69. The van der Waals surface area contributed by atoms with Gasteiger partial charge in [-0.2, -0.15) is 0 Å². The van der Waals surface area contributed by atoms with Crippen LogP contribution < -0.4 is 4.74 Å². The molecule has 0 aromatic heterocycles. The number of carbonyl (C=O) groups is 1. The van der Waals surface area contributed by atoms with Gasteiger partial charge >= 0.3 is 0 Å². The first-order valence-electron chi connectivity index (χ1n) is 9.29. The molecule has 2 heterocycles. The largest absolute Gasteiger partial charge is 0.497 e. The third-order valence-corrected chi connectivity index (χ3v) is 5.68. The van der Waals surface area contributed by atoms with Crippen LogP contribution >= 0.6 is 0 Å². The third kappa shape index (κ3) is 3.59. The van der Waals surface area contributed by atoms with Crippen LogP contribution in [0.5, 0.6) is 5.75 Å². The van der Waals surface area contributed by atoms with Crippen molar-refractivity contribution < 1.29 is 9.53 Å². The first-order chi connectivity index (χ1) is 11.6. The smallest absolute Gasteiger partial charge is 0.237 e. The number of rotatable bonds is 4. The molecule has 3 atom stereocenters. The first-order valence-corrected chi connectivity index (χ1v) is 9.29. The normalized spacial score (nSPS) is 28.1. The Bertz CT molecular complexity index is 547. The van der Waals surface area contributed by atoms with Gasteiger partial charge < -0.3 is 9.64 Å². The van der Waals surface area contributed by atoms with E-state index in [0.717, 1.165) is 38.0 Å². The van der Waals surface area contributed by atoms with Crippen molar-refractivity contribution in [1.29, 1.82) is 0 Å². The van der Waals surface area contributed by atoms with E-state index < -0.39 is 0 Å². The molecule has 2 aliphatic rings. The van der Waals surface area contributed by atoms with Gasteiger partial charge in [-0.1, -0.05) is 12.1 Å². The highest BCUT2D eigenvalue weighted by molar-refractivity contribution is 5.79. The molecule has 4 heteroatoms. The number of methoxy groups -OCH3 is 1. The van der Waals surface area contributed by atoms with Crippen molar-refractivity contribution in [2.24, 2.45) is 0 Å². The van der Waals surface area contributed by atoms with Crippen molar-refractivity contribution >= 4 is 5.91 Å². The lowest BCUT2D eigenvalue weighted by Crippen LogP contribution is -2.51. The minimum atomic E-state index is 0.301. The number of hydrogen-bond acceptors (Lipinski definition) is 3. The second-order valence-electron chi connectivity index (χ2n) is 7.33. The number of ether oxygens (including phenoxy) is 1. The zero-order valence-electron chi connectivity index (χ0n) is 15.2. The monoisotopic (exact) mass is 330 g/mol. The fourth-order valence-corrected chi connectivity index (χ4v) is 4.39. The Labute approximate surface area is 145 Å². The molecular weight excluding hydrogens is 300 g/mol. The molecule has 2 fully saturated rings. The molecule has 1 aromatic rings. The number of nitrogens with zero attached hydrogens (tertiary/aromatic N) is 2. The Morgan fingerprint density at radius 1 is 1.08 bits per heavy atom. The Morgan fingerprint density at radius 2 is 1.75 bits per heavy atom. The summed E-state index contributed by atoms with van der Waals surface area (Å²) in [4.78, 5) is 17.4. The number of piperidine rings is 1. The van der Waals surface area contributed by atoms with Crippen LogP contribution in [0.4, 0.5) is 0 Å². The summed E-state index contributed by atoms with van der Waals surface area (Å²) in [5, 5.41) is 0. The predicted octanol–water partition coefficient (Wildman–Crippen LogP) is 3.62. The molecule has 0 aliphatic carbocycles. The van der Waals surface area contributed by atoms with Crippen LogP contribution in [-0.4, -0.2) is 48.0 Å². The minimum Gasteiger partial charge on any atom is -0.497 e. The van der Waals surface area contributed by atoms with Gasteiger partial charge in [0.15, 0.2) is 0 Å². The zero-order valence-corrected chi connectivity index (χ0v) is 15.2. The molecule has 132 valence electrons. The van der Waals surface area contributed by atoms with Crippen LogP contribution in [0.2, 0.25) is 0 Å². The van der Waals surface area contributed by atoms with Gasteiger partial charge in [0.05, 0.1) is 13.7 Å². The molecule has 0 radical (unpaired) electrons. The van der Waals surface area contributed by atoms with Crippen molar-refractivity contribution in [1.82, 2.24) is 9.80 Å². The quantitative estimate of drug-likeness (QED) is 0.845. The Balaban J connectivity index is 1.67. The Morgan fingerprint density at radius 3 is 2.38 bits per heavy atom. The van der Waals surface area contributed by atoms with Crippen molar-refractivity contribution in [3.05, 3.63) is 29.8 Å². The lowest BCUT2D eigenvalue weighted by atomic mass is 9.97. The van der Waals surface area contributed by atoms with Gasteiger partial charge in [0.25, 0.3) is 0 Å². The van der Waals surface area contributed by atoms with E-state index in [4.69, 9.17) is 4.74 Å². The molecule has 1 aromatic carbocycles.